The predicted molar refractivity (Wildman–Crippen MR) is 150 cm³/mol. The van der Waals surface area contributed by atoms with E-state index in [2.05, 4.69) is 140 Å². The highest BCUT2D eigenvalue weighted by atomic mass is 14.2. The second-order valence-electron chi connectivity index (χ2n) is 9.45. The molecule has 0 bridgehead atoms. The van der Waals surface area contributed by atoms with E-state index in [0.29, 0.717) is 0 Å². The van der Waals surface area contributed by atoms with E-state index >= 15 is 0 Å². The fraction of sp³-hybridized carbons (Fsp3) is 0.0286. The van der Waals surface area contributed by atoms with Crippen molar-refractivity contribution in [3.8, 4) is 0 Å². The zero-order valence-corrected chi connectivity index (χ0v) is 19.4. The summed E-state index contributed by atoms with van der Waals surface area (Å²) in [6.07, 6.45) is 0. The van der Waals surface area contributed by atoms with Gasteiger partial charge in [0.15, 0.2) is 0 Å². The molecule has 0 nitrogen and oxygen atoms in total. The maximum atomic E-state index is 2.39. The third-order valence-electron chi connectivity index (χ3n) is 7.28. The van der Waals surface area contributed by atoms with Gasteiger partial charge in [-0.15, -0.1) is 0 Å². The van der Waals surface area contributed by atoms with Crippen molar-refractivity contribution >= 4 is 43.1 Å². The van der Waals surface area contributed by atoms with Crippen LogP contribution in [0.1, 0.15) is 22.6 Å². The highest BCUT2D eigenvalue weighted by Crippen LogP contribution is 2.37. The molecule has 0 saturated heterocycles. The molecule has 0 aliphatic heterocycles. The highest BCUT2D eigenvalue weighted by Gasteiger charge is 2.18. The molecule has 0 heterocycles. The molecule has 0 atom stereocenters. The summed E-state index contributed by atoms with van der Waals surface area (Å²) in [6, 6.07) is 51.3. The average Bonchev–Trinajstić information content (AvgIpc) is 2.92. The normalized spacial score (nSPS) is 11.7. The zero-order valence-electron chi connectivity index (χ0n) is 19.4. The number of rotatable bonds is 3. The quantitative estimate of drug-likeness (QED) is 0.188. The van der Waals surface area contributed by atoms with Crippen LogP contribution in [0.15, 0.2) is 140 Å². The minimum absolute atomic E-state index is 0.153. The van der Waals surface area contributed by atoms with Gasteiger partial charge in [-0.1, -0.05) is 127 Å². The number of hydrogen-bond acceptors (Lipinski definition) is 0. The summed E-state index contributed by atoms with van der Waals surface area (Å²) >= 11 is 0. The molecule has 7 aromatic carbocycles. The summed E-state index contributed by atoms with van der Waals surface area (Å²) in [6.45, 7) is 0. The van der Waals surface area contributed by atoms with Crippen LogP contribution >= 0.6 is 0 Å². The number of fused-ring (bicyclic) bond motifs is 4. The van der Waals surface area contributed by atoms with E-state index < -0.39 is 0 Å². The minimum atomic E-state index is 0.153. The minimum Gasteiger partial charge on any atom is -0.0616 e. The Labute approximate surface area is 205 Å². The van der Waals surface area contributed by atoms with Crippen LogP contribution in [0.4, 0.5) is 0 Å². The summed E-state index contributed by atoms with van der Waals surface area (Å²) in [5.41, 5.74) is 3.96. The van der Waals surface area contributed by atoms with Gasteiger partial charge in [0.25, 0.3) is 0 Å². The first-order valence-corrected chi connectivity index (χ1v) is 12.2. The number of hydrogen-bond donors (Lipinski definition) is 0. The van der Waals surface area contributed by atoms with Crippen molar-refractivity contribution in [2.24, 2.45) is 0 Å². The van der Waals surface area contributed by atoms with E-state index in [0.717, 1.165) is 0 Å². The molecule has 0 saturated carbocycles. The van der Waals surface area contributed by atoms with Crippen molar-refractivity contribution < 1.29 is 0 Å². The molecule has 0 unspecified atom stereocenters. The zero-order chi connectivity index (χ0) is 23.2. The molecule has 0 spiro atoms. The third kappa shape index (κ3) is 3.55. The topological polar surface area (TPSA) is 0 Å². The van der Waals surface area contributed by atoms with Crippen LogP contribution in [-0.2, 0) is 0 Å². The van der Waals surface area contributed by atoms with Crippen molar-refractivity contribution in [3.05, 3.63) is 156 Å². The van der Waals surface area contributed by atoms with Crippen LogP contribution < -0.4 is 0 Å². The summed E-state index contributed by atoms with van der Waals surface area (Å²) in [4.78, 5) is 0. The maximum Gasteiger partial charge on any atom is 0.0340 e. The average molecular weight is 445 g/mol. The molecule has 0 aliphatic carbocycles. The van der Waals surface area contributed by atoms with Crippen molar-refractivity contribution in [2.75, 3.05) is 0 Å². The van der Waals surface area contributed by atoms with Crippen molar-refractivity contribution in [2.45, 2.75) is 5.92 Å². The molecule has 7 rings (SSSR count). The molecule has 35 heavy (non-hydrogen) atoms. The van der Waals surface area contributed by atoms with E-state index in [1.807, 2.05) is 0 Å². The van der Waals surface area contributed by atoms with Crippen LogP contribution in [-0.4, -0.2) is 0 Å². The molecule has 0 radical (unpaired) electrons. The van der Waals surface area contributed by atoms with Crippen molar-refractivity contribution in [1.82, 2.24) is 0 Å². The van der Waals surface area contributed by atoms with Gasteiger partial charge in [0, 0.05) is 5.92 Å². The Hall–Kier alpha value is -4.42. The second-order valence-corrected chi connectivity index (χ2v) is 9.45. The highest BCUT2D eigenvalue weighted by molar-refractivity contribution is 5.98. The second kappa shape index (κ2) is 8.11. The molecular weight excluding hydrogens is 420 g/mol. The van der Waals surface area contributed by atoms with Gasteiger partial charge in [-0.2, -0.15) is 0 Å². The Morgan fingerprint density at radius 2 is 0.571 bits per heavy atom. The first-order valence-electron chi connectivity index (χ1n) is 12.2. The lowest BCUT2D eigenvalue weighted by Crippen LogP contribution is -2.04. The third-order valence-corrected chi connectivity index (χ3v) is 7.28. The Morgan fingerprint density at radius 3 is 1.06 bits per heavy atom. The maximum absolute atomic E-state index is 2.39. The van der Waals surface area contributed by atoms with Crippen LogP contribution in [0.2, 0.25) is 0 Å². The van der Waals surface area contributed by atoms with E-state index in [4.69, 9.17) is 0 Å². The van der Waals surface area contributed by atoms with Crippen LogP contribution in [0.5, 0.6) is 0 Å². The molecule has 0 N–H and O–H groups in total. The fourth-order valence-corrected chi connectivity index (χ4v) is 5.49. The summed E-state index contributed by atoms with van der Waals surface area (Å²) in [5, 5.41) is 10.2. The first kappa shape index (κ1) is 20.0. The summed E-state index contributed by atoms with van der Waals surface area (Å²) < 4.78 is 0. The molecule has 0 aliphatic rings. The molecule has 0 fully saturated rings. The lowest BCUT2D eigenvalue weighted by atomic mass is 9.83. The fourth-order valence-electron chi connectivity index (χ4n) is 5.49. The summed E-state index contributed by atoms with van der Waals surface area (Å²) in [5.74, 6) is 0.153. The monoisotopic (exact) mass is 444 g/mol. The van der Waals surface area contributed by atoms with Gasteiger partial charge in [0.2, 0.25) is 0 Å². The molecular formula is C35H24. The predicted octanol–water partition coefficient (Wildman–Crippen LogP) is 9.48. The van der Waals surface area contributed by atoms with E-state index in [1.165, 1.54) is 59.8 Å². The standard InChI is InChI=1S/C35H24/c1-3-9-26-20-31(16-13-24(26)7-1)35(32-17-14-25-8-2-4-10-27(25)21-32)33-18-15-30-19-28-11-5-6-12-29(28)22-34(30)23-33/h1-23,35H. The van der Waals surface area contributed by atoms with Crippen LogP contribution in [0.25, 0.3) is 43.1 Å². The lowest BCUT2D eigenvalue weighted by molar-refractivity contribution is 0.986. The van der Waals surface area contributed by atoms with Gasteiger partial charge in [-0.25, -0.2) is 0 Å². The Kier molecular flexibility index (Phi) is 4.63. The van der Waals surface area contributed by atoms with E-state index in [9.17, 15) is 0 Å². The van der Waals surface area contributed by atoms with Crippen molar-refractivity contribution in [1.29, 1.82) is 0 Å². The van der Waals surface area contributed by atoms with E-state index in [-0.39, 0.29) is 5.92 Å². The Balaban J connectivity index is 1.46. The molecule has 164 valence electrons. The van der Waals surface area contributed by atoms with Gasteiger partial charge in [-0.3, -0.25) is 0 Å². The Bertz CT molecular complexity index is 1780. The smallest absolute Gasteiger partial charge is 0.0340 e. The molecule has 0 amide bonds. The molecule has 0 heteroatoms. The van der Waals surface area contributed by atoms with Gasteiger partial charge in [-0.05, 0) is 71.9 Å². The van der Waals surface area contributed by atoms with Gasteiger partial charge in [0.1, 0.15) is 0 Å². The first-order chi connectivity index (χ1) is 17.3. The van der Waals surface area contributed by atoms with Crippen molar-refractivity contribution in [3.63, 3.8) is 0 Å². The number of benzene rings is 7. The molecule has 7 aromatic rings. The van der Waals surface area contributed by atoms with Crippen LogP contribution in [0, 0.1) is 0 Å². The molecule has 0 aromatic heterocycles. The largest absolute Gasteiger partial charge is 0.0616 e. The van der Waals surface area contributed by atoms with Gasteiger partial charge >= 0.3 is 0 Å². The van der Waals surface area contributed by atoms with Gasteiger partial charge < -0.3 is 0 Å². The summed E-state index contributed by atoms with van der Waals surface area (Å²) in [7, 11) is 0. The van der Waals surface area contributed by atoms with Crippen LogP contribution in [0.3, 0.4) is 0 Å². The van der Waals surface area contributed by atoms with Gasteiger partial charge in [0.05, 0.1) is 0 Å². The lowest BCUT2D eigenvalue weighted by Gasteiger charge is -2.21. The van der Waals surface area contributed by atoms with E-state index in [1.54, 1.807) is 0 Å². The Morgan fingerprint density at radius 1 is 0.257 bits per heavy atom. The SMILES string of the molecule is c1ccc2cc(C(c3ccc4ccccc4c3)c3ccc4cc5ccccc5cc4c3)ccc2c1.